The summed E-state index contributed by atoms with van der Waals surface area (Å²) in [6.45, 7) is 11.5. The normalized spacial score (nSPS) is 15.9. The molecule has 0 aliphatic rings. The topological polar surface area (TPSA) is 20.2 Å². The molecule has 0 aliphatic heterocycles. The zero-order valence-electron chi connectivity index (χ0n) is 15.8. The van der Waals surface area contributed by atoms with E-state index in [4.69, 9.17) is 0 Å². The molecule has 0 aromatic heterocycles. The maximum absolute atomic E-state index is 13.2. The lowest BCUT2D eigenvalue weighted by molar-refractivity contribution is -0.376. The number of alkyl halides is 6. The van der Waals surface area contributed by atoms with E-state index < -0.39 is 23.5 Å². The number of halogens is 6. The van der Waals surface area contributed by atoms with Crippen LogP contribution in [0, 0.1) is 10.8 Å². The van der Waals surface area contributed by atoms with Crippen LogP contribution >= 0.6 is 0 Å². The van der Waals surface area contributed by atoms with E-state index in [1.807, 2.05) is 41.5 Å². The van der Waals surface area contributed by atoms with Gasteiger partial charge in [-0.3, -0.25) is 0 Å². The van der Waals surface area contributed by atoms with Gasteiger partial charge in [-0.05, 0) is 28.7 Å². The largest absolute Gasteiger partial charge is 0.430 e. The standard InChI is InChI=1S/C19H26F6O/c1-15(2,3)11-14(16(4,5)6)12-8-7-9-13(10-12)17(26,18(20,21)22)19(23,24)25/h7-10,14,26H,11H2,1-6H3. The van der Waals surface area contributed by atoms with Crippen LogP contribution < -0.4 is 0 Å². The zero-order valence-corrected chi connectivity index (χ0v) is 15.8. The fourth-order valence-corrected chi connectivity index (χ4v) is 3.00. The molecule has 1 aromatic carbocycles. The highest BCUT2D eigenvalue weighted by Crippen LogP contribution is 2.51. The average Bonchev–Trinajstić information content (AvgIpc) is 2.39. The number of rotatable bonds is 3. The molecule has 0 fully saturated rings. The summed E-state index contributed by atoms with van der Waals surface area (Å²) in [5.74, 6) is -0.284. The molecule has 0 bridgehead atoms. The van der Waals surface area contributed by atoms with E-state index >= 15 is 0 Å². The molecule has 150 valence electrons. The number of hydrogen-bond acceptors (Lipinski definition) is 1. The summed E-state index contributed by atoms with van der Waals surface area (Å²) in [5.41, 5.74) is -6.34. The fourth-order valence-electron chi connectivity index (χ4n) is 3.00. The third-order valence-electron chi connectivity index (χ3n) is 4.39. The van der Waals surface area contributed by atoms with Crippen LogP contribution in [0.5, 0.6) is 0 Å². The quantitative estimate of drug-likeness (QED) is 0.585. The lowest BCUT2D eigenvalue weighted by Gasteiger charge is -2.37. The van der Waals surface area contributed by atoms with Crippen molar-refractivity contribution in [3.8, 4) is 0 Å². The third kappa shape index (κ3) is 4.72. The van der Waals surface area contributed by atoms with Gasteiger partial charge in [-0.2, -0.15) is 26.3 Å². The Morgan fingerprint density at radius 1 is 0.846 bits per heavy atom. The van der Waals surface area contributed by atoms with Crippen LogP contribution in [0.2, 0.25) is 0 Å². The van der Waals surface area contributed by atoms with Crippen molar-refractivity contribution < 1.29 is 31.4 Å². The molecule has 1 unspecified atom stereocenters. The van der Waals surface area contributed by atoms with Gasteiger partial charge >= 0.3 is 12.4 Å². The second-order valence-corrected chi connectivity index (χ2v) is 9.01. The lowest BCUT2D eigenvalue weighted by Crippen LogP contribution is -2.54. The molecule has 1 aromatic rings. The van der Waals surface area contributed by atoms with Crippen LogP contribution in [0.4, 0.5) is 26.3 Å². The second-order valence-electron chi connectivity index (χ2n) is 9.01. The smallest absolute Gasteiger partial charge is 0.369 e. The van der Waals surface area contributed by atoms with Crippen LogP contribution in [0.1, 0.15) is 65.0 Å². The van der Waals surface area contributed by atoms with Crippen molar-refractivity contribution in [1.29, 1.82) is 0 Å². The Morgan fingerprint density at radius 2 is 1.31 bits per heavy atom. The molecule has 7 heteroatoms. The molecular weight excluding hydrogens is 358 g/mol. The van der Waals surface area contributed by atoms with Gasteiger partial charge in [0.05, 0.1) is 0 Å². The van der Waals surface area contributed by atoms with Crippen molar-refractivity contribution >= 4 is 0 Å². The van der Waals surface area contributed by atoms with Crippen molar-refractivity contribution in [3.63, 3.8) is 0 Å². The van der Waals surface area contributed by atoms with Gasteiger partial charge in [-0.15, -0.1) is 0 Å². The zero-order chi connectivity index (χ0) is 20.8. The van der Waals surface area contributed by atoms with E-state index in [1.165, 1.54) is 6.07 Å². The third-order valence-corrected chi connectivity index (χ3v) is 4.39. The minimum absolute atomic E-state index is 0.182. The number of benzene rings is 1. The van der Waals surface area contributed by atoms with Crippen LogP contribution in [0.25, 0.3) is 0 Å². The van der Waals surface area contributed by atoms with Gasteiger partial charge in [-0.25, -0.2) is 0 Å². The summed E-state index contributed by atoms with van der Waals surface area (Å²) >= 11 is 0. The molecule has 0 amide bonds. The highest BCUT2D eigenvalue weighted by atomic mass is 19.4. The molecule has 0 radical (unpaired) electrons. The van der Waals surface area contributed by atoms with Crippen LogP contribution in [0.15, 0.2) is 24.3 Å². The molecule has 0 saturated heterocycles. The molecule has 0 heterocycles. The van der Waals surface area contributed by atoms with Gasteiger partial charge in [0.2, 0.25) is 0 Å². The Bertz CT molecular complexity index is 603. The maximum atomic E-state index is 13.2. The first-order valence-electron chi connectivity index (χ1n) is 8.27. The Morgan fingerprint density at radius 3 is 1.65 bits per heavy atom. The molecule has 1 N–H and O–H groups in total. The number of hydrogen-bond donors (Lipinski definition) is 1. The minimum atomic E-state index is -5.88. The Balaban J connectivity index is 3.57. The van der Waals surface area contributed by atoms with Gasteiger partial charge < -0.3 is 5.11 Å². The van der Waals surface area contributed by atoms with Crippen molar-refractivity contribution in [2.75, 3.05) is 0 Å². The first-order chi connectivity index (χ1) is 11.3. The molecule has 0 aliphatic carbocycles. The predicted molar refractivity (Wildman–Crippen MR) is 88.7 cm³/mol. The van der Waals surface area contributed by atoms with E-state index in [9.17, 15) is 31.4 Å². The summed E-state index contributed by atoms with van der Waals surface area (Å²) in [6, 6.07) is 4.15. The summed E-state index contributed by atoms with van der Waals surface area (Å²) in [4.78, 5) is 0. The molecule has 1 rings (SSSR count). The molecular formula is C19H26F6O. The maximum Gasteiger partial charge on any atom is 0.430 e. The Labute approximate surface area is 150 Å². The van der Waals surface area contributed by atoms with Gasteiger partial charge in [0.25, 0.3) is 5.60 Å². The van der Waals surface area contributed by atoms with Gasteiger partial charge in [-0.1, -0.05) is 65.8 Å². The Hall–Kier alpha value is -1.24. The summed E-state index contributed by atoms with van der Waals surface area (Å²) in [5, 5.41) is 9.65. The highest BCUT2D eigenvalue weighted by Gasteiger charge is 2.71. The first kappa shape index (κ1) is 22.8. The minimum Gasteiger partial charge on any atom is -0.369 e. The van der Waals surface area contributed by atoms with Crippen molar-refractivity contribution in [3.05, 3.63) is 35.4 Å². The fraction of sp³-hybridized carbons (Fsp3) is 0.684. The predicted octanol–water partition coefficient (Wildman–Crippen LogP) is 6.56. The van der Waals surface area contributed by atoms with E-state index in [0.717, 1.165) is 12.1 Å². The van der Waals surface area contributed by atoms with E-state index in [-0.39, 0.29) is 16.7 Å². The highest BCUT2D eigenvalue weighted by molar-refractivity contribution is 5.34. The van der Waals surface area contributed by atoms with E-state index in [1.54, 1.807) is 0 Å². The lowest BCUT2D eigenvalue weighted by atomic mass is 9.68. The van der Waals surface area contributed by atoms with E-state index in [0.29, 0.717) is 18.1 Å². The van der Waals surface area contributed by atoms with Crippen LogP contribution in [-0.4, -0.2) is 17.5 Å². The van der Waals surface area contributed by atoms with Crippen molar-refractivity contribution in [1.82, 2.24) is 0 Å². The monoisotopic (exact) mass is 384 g/mol. The van der Waals surface area contributed by atoms with Crippen LogP contribution in [-0.2, 0) is 5.60 Å². The molecule has 0 saturated carbocycles. The first-order valence-corrected chi connectivity index (χ1v) is 8.27. The summed E-state index contributed by atoms with van der Waals surface area (Å²) in [7, 11) is 0. The van der Waals surface area contributed by atoms with Crippen molar-refractivity contribution in [2.24, 2.45) is 10.8 Å². The summed E-state index contributed by atoms with van der Waals surface area (Å²) in [6.07, 6.45) is -11.2. The molecule has 26 heavy (non-hydrogen) atoms. The molecule has 1 atom stereocenters. The van der Waals surface area contributed by atoms with Gasteiger partial charge in [0.1, 0.15) is 0 Å². The van der Waals surface area contributed by atoms with Crippen molar-refractivity contribution in [2.45, 2.75) is 71.8 Å². The molecule has 0 spiro atoms. The SMILES string of the molecule is CC(C)(C)CC(c1cccc(C(O)(C(F)(F)F)C(F)(F)F)c1)C(C)(C)C. The van der Waals surface area contributed by atoms with E-state index in [2.05, 4.69) is 0 Å². The second kappa shape index (κ2) is 6.73. The van der Waals surface area contributed by atoms with Crippen LogP contribution in [0.3, 0.4) is 0 Å². The average molecular weight is 384 g/mol. The number of aliphatic hydroxyl groups is 1. The van der Waals surface area contributed by atoms with Gasteiger partial charge in [0, 0.05) is 5.56 Å². The Kier molecular flexibility index (Phi) is 5.90. The molecule has 1 nitrogen and oxygen atoms in total. The van der Waals surface area contributed by atoms with Gasteiger partial charge in [0.15, 0.2) is 0 Å². The summed E-state index contributed by atoms with van der Waals surface area (Å²) < 4.78 is 78.9.